The lowest BCUT2D eigenvalue weighted by Crippen LogP contribution is -2.40. The quantitative estimate of drug-likeness (QED) is 0.413. The molecule has 0 aliphatic carbocycles. The van der Waals surface area contributed by atoms with Gasteiger partial charge in [-0.3, -0.25) is 0 Å². The Morgan fingerprint density at radius 1 is 0.735 bits per heavy atom. The Kier molecular flexibility index (Phi) is 8.51. The first kappa shape index (κ1) is 24.6. The second-order valence-electron chi connectivity index (χ2n) is 8.87. The summed E-state index contributed by atoms with van der Waals surface area (Å²) in [5, 5.41) is 8.44. The topological polar surface area (TPSA) is 88.7 Å². The van der Waals surface area contributed by atoms with Gasteiger partial charge < -0.3 is 25.4 Å². The van der Waals surface area contributed by atoms with Gasteiger partial charge >= 0.3 is 12.1 Å². The molecule has 0 unspecified atom stereocenters. The molecule has 0 saturated carbocycles. The van der Waals surface area contributed by atoms with Crippen LogP contribution < -0.4 is 20.7 Å². The largest absolute Gasteiger partial charge is 0.457 e. The van der Waals surface area contributed by atoms with E-state index in [1.54, 1.807) is 0 Å². The van der Waals surface area contributed by atoms with Crippen LogP contribution in [0.1, 0.15) is 37.5 Å². The number of rotatable bonds is 8. The van der Waals surface area contributed by atoms with Gasteiger partial charge in [0.05, 0.1) is 0 Å². The van der Waals surface area contributed by atoms with Gasteiger partial charge in [0.15, 0.2) is 0 Å². The summed E-state index contributed by atoms with van der Waals surface area (Å²) < 4.78 is 11.1. The molecule has 0 atom stereocenters. The third-order valence-electron chi connectivity index (χ3n) is 4.65. The number of urea groups is 1. The van der Waals surface area contributed by atoms with Crippen LogP contribution in [0, 0.1) is 0 Å². The lowest BCUT2D eigenvalue weighted by molar-refractivity contribution is 0.131. The summed E-state index contributed by atoms with van der Waals surface area (Å²) in [6.45, 7) is 6.62. The molecule has 3 amide bonds. The summed E-state index contributed by atoms with van der Waals surface area (Å²) in [4.78, 5) is 24.0. The maximum atomic E-state index is 12.2. The average Bonchev–Trinajstić information content (AvgIpc) is 2.80. The maximum absolute atomic E-state index is 12.2. The SMILES string of the molecule is CC(C)(C)NC(=O)OCc1ccc(CNC(=O)NCc2cccc(Oc3ccccc3)c2)cc1. The van der Waals surface area contributed by atoms with Gasteiger partial charge in [0.1, 0.15) is 18.1 Å². The monoisotopic (exact) mass is 461 g/mol. The molecule has 3 N–H and O–H groups in total. The van der Waals surface area contributed by atoms with E-state index in [4.69, 9.17) is 9.47 Å². The van der Waals surface area contributed by atoms with Crippen molar-refractivity contribution < 1.29 is 19.1 Å². The number of carbonyl (C=O) groups excluding carboxylic acids is 2. The van der Waals surface area contributed by atoms with E-state index in [-0.39, 0.29) is 18.2 Å². The standard InChI is InChI=1S/C27H31N3O4/c1-27(2,3)30-26(32)33-19-21-14-12-20(13-15-21)17-28-25(31)29-18-22-8-7-11-24(16-22)34-23-9-5-4-6-10-23/h4-16H,17-19H2,1-3H3,(H,30,32)(H2,28,29,31). The zero-order chi connectivity index (χ0) is 24.4. The molecule has 0 aromatic heterocycles. The molecule has 0 aliphatic heterocycles. The van der Waals surface area contributed by atoms with Crippen molar-refractivity contribution in [2.24, 2.45) is 0 Å². The van der Waals surface area contributed by atoms with Gasteiger partial charge in [-0.25, -0.2) is 9.59 Å². The van der Waals surface area contributed by atoms with Crippen LogP contribution in [0.25, 0.3) is 0 Å². The smallest absolute Gasteiger partial charge is 0.407 e. The van der Waals surface area contributed by atoms with Crippen molar-refractivity contribution in [3.8, 4) is 11.5 Å². The van der Waals surface area contributed by atoms with Crippen molar-refractivity contribution in [2.45, 2.75) is 46.0 Å². The van der Waals surface area contributed by atoms with Gasteiger partial charge in [-0.2, -0.15) is 0 Å². The molecule has 0 heterocycles. The normalized spacial score (nSPS) is 10.8. The highest BCUT2D eigenvalue weighted by Crippen LogP contribution is 2.21. The summed E-state index contributed by atoms with van der Waals surface area (Å²) in [5.41, 5.74) is 2.40. The Balaban J connectivity index is 1.39. The van der Waals surface area contributed by atoms with Crippen LogP contribution >= 0.6 is 0 Å². The number of alkyl carbamates (subject to hydrolysis) is 1. The molecule has 34 heavy (non-hydrogen) atoms. The van der Waals surface area contributed by atoms with Crippen molar-refractivity contribution in [1.29, 1.82) is 0 Å². The summed E-state index contributed by atoms with van der Waals surface area (Å²) >= 11 is 0. The van der Waals surface area contributed by atoms with Crippen molar-refractivity contribution in [3.63, 3.8) is 0 Å². The molecular formula is C27H31N3O4. The fourth-order valence-electron chi connectivity index (χ4n) is 3.02. The van der Waals surface area contributed by atoms with E-state index >= 15 is 0 Å². The van der Waals surface area contributed by atoms with Gasteiger partial charge in [-0.15, -0.1) is 0 Å². The second-order valence-corrected chi connectivity index (χ2v) is 8.87. The number of hydrogen-bond donors (Lipinski definition) is 3. The Morgan fingerprint density at radius 2 is 1.35 bits per heavy atom. The lowest BCUT2D eigenvalue weighted by atomic mass is 10.1. The molecular weight excluding hydrogens is 430 g/mol. The molecule has 0 saturated heterocycles. The Labute approximate surface area is 200 Å². The van der Waals surface area contributed by atoms with E-state index in [1.807, 2.05) is 99.6 Å². The molecule has 178 valence electrons. The second kappa shape index (κ2) is 11.7. The van der Waals surface area contributed by atoms with Crippen LogP contribution in [-0.4, -0.2) is 17.7 Å². The van der Waals surface area contributed by atoms with Crippen LogP contribution in [0.3, 0.4) is 0 Å². The number of carbonyl (C=O) groups is 2. The molecule has 3 aromatic rings. The summed E-state index contributed by atoms with van der Waals surface area (Å²) in [5.74, 6) is 1.47. The first-order valence-corrected chi connectivity index (χ1v) is 11.1. The number of nitrogens with one attached hydrogen (secondary N) is 3. The minimum Gasteiger partial charge on any atom is -0.457 e. The molecule has 3 rings (SSSR count). The van der Waals surface area contributed by atoms with Crippen LogP contribution in [0.2, 0.25) is 0 Å². The van der Waals surface area contributed by atoms with E-state index < -0.39 is 6.09 Å². The number of benzene rings is 3. The molecule has 3 aromatic carbocycles. The number of hydrogen-bond acceptors (Lipinski definition) is 4. The highest BCUT2D eigenvalue weighted by molar-refractivity contribution is 5.73. The predicted octanol–water partition coefficient (Wildman–Crippen LogP) is 5.50. The molecule has 7 nitrogen and oxygen atoms in total. The first-order chi connectivity index (χ1) is 16.3. The minimum absolute atomic E-state index is 0.184. The third kappa shape index (κ3) is 8.86. The molecule has 0 bridgehead atoms. The van der Waals surface area contributed by atoms with Crippen LogP contribution in [0.5, 0.6) is 11.5 Å². The van der Waals surface area contributed by atoms with Crippen molar-refractivity contribution >= 4 is 12.1 Å². The van der Waals surface area contributed by atoms with Gasteiger partial charge in [0.2, 0.25) is 0 Å². The Morgan fingerprint density at radius 3 is 2.03 bits per heavy atom. The van der Waals surface area contributed by atoms with E-state index in [1.165, 1.54) is 0 Å². The average molecular weight is 462 g/mol. The summed E-state index contributed by atoms with van der Waals surface area (Å²) in [6, 6.07) is 24.4. The van der Waals surface area contributed by atoms with E-state index in [0.29, 0.717) is 18.8 Å². The van der Waals surface area contributed by atoms with Gasteiger partial charge in [0.25, 0.3) is 0 Å². The van der Waals surface area contributed by atoms with E-state index in [2.05, 4.69) is 16.0 Å². The number of amides is 3. The van der Waals surface area contributed by atoms with Gasteiger partial charge in [-0.1, -0.05) is 54.6 Å². The van der Waals surface area contributed by atoms with E-state index in [9.17, 15) is 9.59 Å². The molecule has 0 radical (unpaired) electrons. The molecule has 0 fully saturated rings. The Hall–Kier alpha value is -4.00. The molecule has 7 heteroatoms. The zero-order valence-corrected chi connectivity index (χ0v) is 19.8. The Bertz CT molecular complexity index is 1080. The minimum atomic E-state index is -0.452. The summed E-state index contributed by atoms with van der Waals surface area (Å²) in [7, 11) is 0. The van der Waals surface area contributed by atoms with Crippen LogP contribution in [0.15, 0.2) is 78.9 Å². The maximum Gasteiger partial charge on any atom is 0.407 e. The highest BCUT2D eigenvalue weighted by atomic mass is 16.5. The third-order valence-corrected chi connectivity index (χ3v) is 4.65. The van der Waals surface area contributed by atoms with Crippen molar-refractivity contribution in [2.75, 3.05) is 0 Å². The zero-order valence-electron chi connectivity index (χ0n) is 19.8. The van der Waals surface area contributed by atoms with Gasteiger partial charge in [0, 0.05) is 18.6 Å². The first-order valence-electron chi connectivity index (χ1n) is 11.1. The lowest BCUT2D eigenvalue weighted by Gasteiger charge is -2.19. The van der Waals surface area contributed by atoms with Crippen molar-refractivity contribution in [1.82, 2.24) is 16.0 Å². The summed E-state index contributed by atoms with van der Waals surface area (Å²) in [6.07, 6.45) is -0.452. The van der Waals surface area contributed by atoms with Crippen LogP contribution in [0.4, 0.5) is 9.59 Å². The van der Waals surface area contributed by atoms with Gasteiger partial charge in [-0.05, 0) is 61.7 Å². The number of para-hydroxylation sites is 1. The fraction of sp³-hybridized carbons (Fsp3) is 0.259. The number of ether oxygens (including phenoxy) is 2. The fourth-order valence-corrected chi connectivity index (χ4v) is 3.02. The van der Waals surface area contributed by atoms with Crippen LogP contribution in [-0.2, 0) is 24.4 Å². The van der Waals surface area contributed by atoms with E-state index in [0.717, 1.165) is 22.4 Å². The molecule has 0 spiro atoms. The molecule has 0 aliphatic rings. The highest BCUT2D eigenvalue weighted by Gasteiger charge is 2.14. The predicted molar refractivity (Wildman–Crippen MR) is 132 cm³/mol. The van der Waals surface area contributed by atoms with Crippen molar-refractivity contribution in [3.05, 3.63) is 95.6 Å².